The van der Waals surface area contributed by atoms with Crippen LogP contribution in [-0.4, -0.2) is 4.98 Å². The van der Waals surface area contributed by atoms with E-state index in [9.17, 15) is 0 Å². The summed E-state index contributed by atoms with van der Waals surface area (Å²) in [5, 5.41) is 1.25. The quantitative estimate of drug-likeness (QED) is 0.654. The SMILES string of the molecule is C=C(C)c1cccc2[nH]ccc12. The topological polar surface area (TPSA) is 15.8 Å². The highest BCUT2D eigenvalue weighted by Crippen LogP contribution is 2.22. The zero-order valence-electron chi connectivity index (χ0n) is 7.09. The van der Waals surface area contributed by atoms with Crippen molar-refractivity contribution < 1.29 is 0 Å². The molecule has 2 rings (SSSR count). The second kappa shape index (κ2) is 2.52. The molecule has 12 heavy (non-hydrogen) atoms. The Morgan fingerprint density at radius 3 is 2.92 bits per heavy atom. The van der Waals surface area contributed by atoms with Gasteiger partial charge in [-0.1, -0.05) is 24.3 Å². The predicted molar refractivity (Wildman–Crippen MR) is 53.0 cm³/mol. The van der Waals surface area contributed by atoms with E-state index in [1.165, 1.54) is 16.5 Å². The molecule has 1 aromatic heterocycles. The van der Waals surface area contributed by atoms with E-state index < -0.39 is 0 Å². The van der Waals surface area contributed by atoms with Crippen LogP contribution in [0.2, 0.25) is 0 Å². The smallest absolute Gasteiger partial charge is 0.0460 e. The minimum absolute atomic E-state index is 1.11. The van der Waals surface area contributed by atoms with Crippen molar-refractivity contribution in [1.82, 2.24) is 4.98 Å². The first-order valence-corrected chi connectivity index (χ1v) is 4.01. The highest BCUT2D eigenvalue weighted by atomic mass is 14.7. The van der Waals surface area contributed by atoms with E-state index >= 15 is 0 Å². The van der Waals surface area contributed by atoms with Crippen LogP contribution in [0.5, 0.6) is 0 Å². The van der Waals surface area contributed by atoms with Crippen LogP contribution in [0.4, 0.5) is 0 Å². The second-order valence-electron chi connectivity index (χ2n) is 3.02. The first-order valence-electron chi connectivity index (χ1n) is 4.01. The highest BCUT2D eigenvalue weighted by molar-refractivity contribution is 5.91. The summed E-state index contributed by atoms with van der Waals surface area (Å²) >= 11 is 0. The number of rotatable bonds is 1. The molecular formula is C11H11N. The molecule has 1 nitrogen and oxygen atoms in total. The van der Waals surface area contributed by atoms with Gasteiger partial charge in [0.05, 0.1) is 0 Å². The Hall–Kier alpha value is -1.50. The van der Waals surface area contributed by atoms with Gasteiger partial charge in [-0.05, 0) is 24.6 Å². The van der Waals surface area contributed by atoms with Gasteiger partial charge in [-0.2, -0.15) is 0 Å². The van der Waals surface area contributed by atoms with Gasteiger partial charge in [0.2, 0.25) is 0 Å². The van der Waals surface area contributed by atoms with Crippen LogP contribution in [0.1, 0.15) is 12.5 Å². The molecule has 0 amide bonds. The number of aromatic nitrogens is 1. The maximum absolute atomic E-state index is 3.94. The molecule has 1 N–H and O–H groups in total. The Bertz CT molecular complexity index is 423. The Labute approximate surface area is 71.7 Å². The largest absolute Gasteiger partial charge is 0.361 e. The van der Waals surface area contributed by atoms with Crippen LogP contribution in [0.15, 0.2) is 37.0 Å². The number of nitrogens with one attached hydrogen (secondary N) is 1. The van der Waals surface area contributed by atoms with Crippen LogP contribution in [0, 0.1) is 0 Å². The summed E-state index contributed by atoms with van der Waals surface area (Å²) in [6, 6.07) is 8.29. The van der Waals surface area contributed by atoms with Crippen LogP contribution < -0.4 is 0 Å². The van der Waals surface area contributed by atoms with Crippen LogP contribution in [-0.2, 0) is 0 Å². The molecule has 0 fully saturated rings. The number of hydrogen-bond donors (Lipinski definition) is 1. The molecule has 0 spiro atoms. The maximum atomic E-state index is 3.94. The van der Waals surface area contributed by atoms with E-state index in [1.54, 1.807) is 0 Å². The molecule has 0 aliphatic rings. The molecule has 0 bridgehead atoms. The van der Waals surface area contributed by atoms with E-state index in [2.05, 4.69) is 29.8 Å². The molecule has 1 heterocycles. The average molecular weight is 157 g/mol. The molecule has 0 saturated heterocycles. The first kappa shape index (κ1) is 7.17. The Kier molecular flexibility index (Phi) is 1.51. The van der Waals surface area contributed by atoms with Crippen molar-refractivity contribution in [2.24, 2.45) is 0 Å². The van der Waals surface area contributed by atoms with Gasteiger partial charge < -0.3 is 4.98 Å². The van der Waals surface area contributed by atoms with E-state index in [4.69, 9.17) is 0 Å². The molecule has 0 radical (unpaired) electrons. The number of allylic oxidation sites excluding steroid dienone is 1. The summed E-state index contributed by atoms with van der Waals surface area (Å²) in [7, 11) is 0. The minimum Gasteiger partial charge on any atom is -0.361 e. The van der Waals surface area contributed by atoms with Gasteiger partial charge in [0.1, 0.15) is 0 Å². The maximum Gasteiger partial charge on any atom is 0.0460 e. The summed E-state index contributed by atoms with van der Waals surface area (Å²) in [6.45, 7) is 5.97. The van der Waals surface area contributed by atoms with Crippen molar-refractivity contribution in [1.29, 1.82) is 0 Å². The van der Waals surface area contributed by atoms with Gasteiger partial charge in [0.15, 0.2) is 0 Å². The number of benzene rings is 1. The van der Waals surface area contributed by atoms with E-state index in [-0.39, 0.29) is 0 Å². The van der Waals surface area contributed by atoms with Gasteiger partial charge >= 0.3 is 0 Å². The fraction of sp³-hybridized carbons (Fsp3) is 0.0909. The summed E-state index contributed by atoms with van der Waals surface area (Å²) in [4.78, 5) is 3.17. The summed E-state index contributed by atoms with van der Waals surface area (Å²) < 4.78 is 0. The average Bonchev–Trinajstić information content (AvgIpc) is 2.49. The normalized spacial score (nSPS) is 10.4. The third kappa shape index (κ3) is 0.944. The fourth-order valence-corrected chi connectivity index (χ4v) is 1.46. The van der Waals surface area contributed by atoms with Gasteiger partial charge in [-0.15, -0.1) is 0 Å². The second-order valence-corrected chi connectivity index (χ2v) is 3.02. The van der Waals surface area contributed by atoms with Crippen LogP contribution >= 0.6 is 0 Å². The molecule has 0 aliphatic heterocycles. The molecule has 2 aromatic rings. The molecule has 0 aliphatic carbocycles. The molecule has 0 atom stereocenters. The zero-order valence-corrected chi connectivity index (χ0v) is 7.09. The summed E-state index contributed by atoms with van der Waals surface area (Å²) in [5.74, 6) is 0. The van der Waals surface area contributed by atoms with Crippen molar-refractivity contribution in [2.45, 2.75) is 6.92 Å². The van der Waals surface area contributed by atoms with Crippen molar-refractivity contribution in [2.75, 3.05) is 0 Å². The van der Waals surface area contributed by atoms with Gasteiger partial charge in [0.25, 0.3) is 0 Å². The number of H-pyrrole nitrogens is 1. The molecule has 0 saturated carbocycles. The molecular weight excluding hydrogens is 146 g/mol. The zero-order chi connectivity index (χ0) is 8.55. The van der Waals surface area contributed by atoms with Crippen molar-refractivity contribution in [3.8, 4) is 0 Å². The summed E-state index contributed by atoms with van der Waals surface area (Å²) in [6.07, 6.45) is 1.96. The number of fused-ring (bicyclic) bond motifs is 1. The Balaban J connectivity index is 2.82. The van der Waals surface area contributed by atoms with E-state index in [1.807, 2.05) is 19.2 Å². The predicted octanol–water partition coefficient (Wildman–Crippen LogP) is 3.20. The van der Waals surface area contributed by atoms with Crippen LogP contribution in [0.3, 0.4) is 0 Å². The Morgan fingerprint density at radius 2 is 2.17 bits per heavy atom. The minimum atomic E-state index is 1.11. The first-order chi connectivity index (χ1) is 5.79. The fourth-order valence-electron chi connectivity index (χ4n) is 1.46. The molecule has 1 heteroatoms. The lowest BCUT2D eigenvalue weighted by molar-refractivity contribution is 1.48. The third-order valence-electron chi connectivity index (χ3n) is 2.05. The summed E-state index contributed by atoms with van der Waals surface area (Å²) in [5.41, 5.74) is 3.52. The molecule has 0 unspecified atom stereocenters. The lowest BCUT2D eigenvalue weighted by Gasteiger charge is -2.00. The highest BCUT2D eigenvalue weighted by Gasteiger charge is 2.00. The standard InChI is InChI=1S/C11H11N/c1-8(2)9-4-3-5-11-10(9)6-7-12-11/h3-7,12H,1H2,2H3. The van der Waals surface area contributed by atoms with Crippen molar-refractivity contribution in [3.63, 3.8) is 0 Å². The lowest BCUT2D eigenvalue weighted by Crippen LogP contribution is -1.78. The Morgan fingerprint density at radius 1 is 1.33 bits per heavy atom. The van der Waals surface area contributed by atoms with Gasteiger partial charge in [-0.3, -0.25) is 0 Å². The third-order valence-corrected chi connectivity index (χ3v) is 2.05. The van der Waals surface area contributed by atoms with Crippen LogP contribution in [0.25, 0.3) is 16.5 Å². The monoisotopic (exact) mass is 157 g/mol. The van der Waals surface area contributed by atoms with Crippen molar-refractivity contribution >= 4 is 16.5 Å². The van der Waals surface area contributed by atoms with Gasteiger partial charge in [0, 0.05) is 17.1 Å². The molecule has 60 valence electrons. The number of hydrogen-bond acceptors (Lipinski definition) is 0. The van der Waals surface area contributed by atoms with E-state index in [0.29, 0.717) is 0 Å². The van der Waals surface area contributed by atoms with Gasteiger partial charge in [-0.25, -0.2) is 0 Å². The van der Waals surface area contributed by atoms with E-state index in [0.717, 1.165) is 5.57 Å². The molecule has 1 aromatic carbocycles. The lowest BCUT2D eigenvalue weighted by atomic mass is 10.1. The van der Waals surface area contributed by atoms with Crippen molar-refractivity contribution in [3.05, 3.63) is 42.6 Å². The number of aromatic amines is 1.